The molecule has 1 atom stereocenters. The van der Waals surface area contributed by atoms with Gasteiger partial charge in [0.15, 0.2) is 0 Å². The van der Waals surface area contributed by atoms with Crippen LogP contribution in [-0.2, 0) is 16.3 Å². The van der Waals surface area contributed by atoms with Gasteiger partial charge < -0.3 is 4.74 Å². The summed E-state index contributed by atoms with van der Waals surface area (Å²) in [5.41, 5.74) is 1.01. The monoisotopic (exact) mass is 165 g/mol. The normalized spacial score (nSPS) is 15.6. The molecule has 0 spiro atoms. The van der Waals surface area contributed by atoms with Crippen molar-refractivity contribution in [3.8, 4) is 0 Å². The average molecular weight is 165 g/mol. The zero-order chi connectivity index (χ0) is 9.03. The third-order valence-corrected chi connectivity index (χ3v) is 1.80. The van der Waals surface area contributed by atoms with E-state index in [4.69, 9.17) is 4.74 Å². The van der Waals surface area contributed by atoms with Crippen LogP contribution in [0.25, 0.3) is 0 Å². The first kappa shape index (κ1) is 9.23. The summed E-state index contributed by atoms with van der Waals surface area (Å²) in [7, 11) is 1.44. The van der Waals surface area contributed by atoms with Crippen molar-refractivity contribution in [3.05, 3.63) is 35.9 Å². The summed E-state index contributed by atoms with van der Waals surface area (Å²) in [5.74, 6) is -1.30. The van der Waals surface area contributed by atoms with E-state index in [-0.39, 0.29) is 0 Å². The Kier molecular flexibility index (Phi) is 2.84. The SMILES string of the molecule is COC(C)([O])Cc1ccccc1. The molecule has 0 aliphatic rings. The van der Waals surface area contributed by atoms with Crippen LogP contribution in [-0.4, -0.2) is 12.9 Å². The standard InChI is InChI=1S/C10H13O2/c1-10(11,12-2)8-9-6-4-3-5-7-9/h3-7H,8H2,1-2H3. The lowest BCUT2D eigenvalue weighted by atomic mass is 10.1. The van der Waals surface area contributed by atoms with Crippen LogP contribution in [0, 0.1) is 0 Å². The van der Waals surface area contributed by atoms with Crippen molar-refractivity contribution in [3.63, 3.8) is 0 Å². The number of hydrogen-bond donors (Lipinski definition) is 0. The summed E-state index contributed by atoms with van der Waals surface area (Å²) in [6, 6.07) is 9.62. The van der Waals surface area contributed by atoms with Crippen molar-refractivity contribution in [2.24, 2.45) is 0 Å². The highest BCUT2D eigenvalue weighted by atomic mass is 16.6. The largest absolute Gasteiger partial charge is 0.351 e. The predicted octanol–water partition coefficient (Wildman–Crippen LogP) is 2.02. The van der Waals surface area contributed by atoms with E-state index >= 15 is 0 Å². The van der Waals surface area contributed by atoms with Gasteiger partial charge in [-0.1, -0.05) is 30.3 Å². The first-order valence-electron chi connectivity index (χ1n) is 3.93. The van der Waals surface area contributed by atoms with Gasteiger partial charge in [-0.05, 0) is 12.5 Å². The van der Waals surface area contributed by atoms with Gasteiger partial charge in [0, 0.05) is 13.5 Å². The maximum Gasteiger partial charge on any atom is 0.202 e. The molecule has 0 heterocycles. The molecule has 2 nitrogen and oxygen atoms in total. The molecule has 0 amide bonds. The van der Waals surface area contributed by atoms with Crippen LogP contribution in [0.3, 0.4) is 0 Å². The maximum absolute atomic E-state index is 11.4. The van der Waals surface area contributed by atoms with E-state index in [1.807, 2.05) is 30.3 Å². The summed E-state index contributed by atoms with van der Waals surface area (Å²) < 4.78 is 4.79. The van der Waals surface area contributed by atoms with Gasteiger partial charge in [0.2, 0.25) is 5.79 Å². The zero-order valence-electron chi connectivity index (χ0n) is 7.41. The van der Waals surface area contributed by atoms with Crippen LogP contribution in [0.5, 0.6) is 0 Å². The van der Waals surface area contributed by atoms with Gasteiger partial charge in [0.25, 0.3) is 0 Å². The van der Waals surface area contributed by atoms with E-state index in [1.165, 1.54) is 7.11 Å². The molecule has 0 aliphatic carbocycles. The van der Waals surface area contributed by atoms with E-state index in [1.54, 1.807) is 6.92 Å². The molecule has 0 saturated carbocycles. The van der Waals surface area contributed by atoms with E-state index < -0.39 is 5.79 Å². The third kappa shape index (κ3) is 2.64. The minimum absolute atomic E-state index is 0.407. The van der Waals surface area contributed by atoms with Gasteiger partial charge in [-0.3, -0.25) is 0 Å². The molecule has 1 radical (unpaired) electrons. The second-order valence-electron chi connectivity index (χ2n) is 3.00. The van der Waals surface area contributed by atoms with Gasteiger partial charge in [0.1, 0.15) is 0 Å². The Hall–Kier alpha value is -0.860. The van der Waals surface area contributed by atoms with Crippen LogP contribution in [0.2, 0.25) is 0 Å². The van der Waals surface area contributed by atoms with Gasteiger partial charge in [-0.15, -0.1) is 0 Å². The lowest BCUT2D eigenvalue weighted by Gasteiger charge is -2.18. The van der Waals surface area contributed by atoms with Crippen LogP contribution in [0.1, 0.15) is 12.5 Å². The van der Waals surface area contributed by atoms with Crippen molar-refractivity contribution >= 4 is 0 Å². The molecule has 0 aliphatic heterocycles. The van der Waals surface area contributed by atoms with Crippen molar-refractivity contribution in [2.75, 3.05) is 7.11 Å². The third-order valence-electron chi connectivity index (χ3n) is 1.80. The van der Waals surface area contributed by atoms with Crippen LogP contribution in [0.4, 0.5) is 0 Å². The van der Waals surface area contributed by atoms with Crippen LogP contribution in [0.15, 0.2) is 30.3 Å². The second kappa shape index (κ2) is 3.70. The quantitative estimate of drug-likeness (QED) is 0.630. The molecular weight excluding hydrogens is 152 g/mol. The fraction of sp³-hybridized carbons (Fsp3) is 0.400. The molecule has 65 valence electrons. The minimum atomic E-state index is -1.30. The molecule has 0 saturated heterocycles. The summed E-state index contributed by atoms with van der Waals surface area (Å²) in [6.07, 6.45) is 0.407. The van der Waals surface area contributed by atoms with Crippen LogP contribution >= 0.6 is 0 Å². The van der Waals surface area contributed by atoms with Crippen LogP contribution < -0.4 is 0 Å². The molecule has 0 N–H and O–H groups in total. The maximum atomic E-state index is 11.4. The van der Waals surface area contributed by atoms with Crippen molar-refractivity contribution in [1.82, 2.24) is 0 Å². The Morgan fingerprint density at radius 1 is 1.33 bits per heavy atom. The van der Waals surface area contributed by atoms with E-state index in [0.717, 1.165) is 5.56 Å². The minimum Gasteiger partial charge on any atom is -0.351 e. The molecule has 1 unspecified atom stereocenters. The van der Waals surface area contributed by atoms with Gasteiger partial charge in [-0.25, -0.2) is 0 Å². The lowest BCUT2D eigenvalue weighted by molar-refractivity contribution is -0.210. The zero-order valence-corrected chi connectivity index (χ0v) is 7.41. The molecule has 2 heteroatoms. The molecule has 0 bridgehead atoms. The molecule has 1 aromatic carbocycles. The molecule has 0 fully saturated rings. The summed E-state index contributed by atoms with van der Waals surface area (Å²) >= 11 is 0. The Balaban J connectivity index is 2.64. The second-order valence-corrected chi connectivity index (χ2v) is 3.00. The Morgan fingerprint density at radius 2 is 1.92 bits per heavy atom. The topological polar surface area (TPSA) is 29.1 Å². The van der Waals surface area contributed by atoms with E-state index in [2.05, 4.69) is 0 Å². The Bertz CT molecular complexity index is 229. The number of rotatable bonds is 3. The smallest absolute Gasteiger partial charge is 0.202 e. The summed E-state index contributed by atoms with van der Waals surface area (Å²) in [4.78, 5) is 0. The fourth-order valence-corrected chi connectivity index (χ4v) is 1.04. The van der Waals surface area contributed by atoms with Crippen molar-refractivity contribution in [1.29, 1.82) is 0 Å². The first-order chi connectivity index (χ1) is 5.64. The average Bonchev–Trinajstić information content (AvgIpc) is 2.06. The van der Waals surface area contributed by atoms with Crippen molar-refractivity contribution in [2.45, 2.75) is 19.1 Å². The number of methoxy groups -OCH3 is 1. The summed E-state index contributed by atoms with van der Waals surface area (Å²) in [5, 5.41) is 11.4. The highest BCUT2D eigenvalue weighted by molar-refractivity contribution is 5.15. The Labute approximate surface area is 72.8 Å². The molecule has 12 heavy (non-hydrogen) atoms. The fourth-order valence-electron chi connectivity index (χ4n) is 1.04. The first-order valence-corrected chi connectivity index (χ1v) is 3.93. The van der Waals surface area contributed by atoms with Gasteiger partial charge in [0.05, 0.1) is 0 Å². The number of hydrogen-bond acceptors (Lipinski definition) is 1. The van der Waals surface area contributed by atoms with E-state index in [9.17, 15) is 5.11 Å². The number of ether oxygens (including phenoxy) is 1. The molecule has 1 rings (SSSR count). The van der Waals surface area contributed by atoms with Crippen molar-refractivity contribution < 1.29 is 9.84 Å². The predicted molar refractivity (Wildman–Crippen MR) is 46.2 cm³/mol. The lowest BCUT2D eigenvalue weighted by Crippen LogP contribution is -2.27. The molecular formula is C10H13O2. The van der Waals surface area contributed by atoms with Gasteiger partial charge in [-0.2, -0.15) is 5.11 Å². The molecule has 0 aromatic heterocycles. The molecule has 1 aromatic rings. The van der Waals surface area contributed by atoms with E-state index in [0.29, 0.717) is 6.42 Å². The highest BCUT2D eigenvalue weighted by Crippen LogP contribution is 2.13. The van der Waals surface area contributed by atoms with Gasteiger partial charge >= 0.3 is 0 Å². The summed E-state index contributed by atoms with van der Waals surface area (Å²) in [6.45, 7) is 1.54. The Morgan fingerprint density at radius 3 is 2.42 bits per heavy atom. The highest BCUT2D eigenvalue weighted by Gasteiger charge is 2.21. The number of benzene rings is 1.